The summed E-state index contributed by atoms with van der Waals surface area (Å²) in [6, 6.07) is 0.962. The molecule has 0 aromatic carbocycles. The molecule has 0 rings (SSSR count). The van der Waals surface area contributed by atoms with Gasteiger partial charge in [-0.3, -0.25) is 4.79 Å². The Morgan fingerprint density at radius 3 is 0.897 bits per heavy atom. The molecule has 0 aliphatic carbocycles. The van der Waals surface area contributed by atoms with Gasteiger partial charge in [0.1, 0.15) is 0 Å². The number of carboxylic acid groups (broad SMARTS) is 1. The zero-order valence-corrected chi connectivity index (χ0v) is 27.6. The summed E-state index contributed by atoms with van der Waals surface area (Å²) >= 11 is 0. The van der Waals surface area contributed by atoms with E-state index in [-0.39, 0.29) is 0 Å². The number of carboxylic acids is 1. The van der Waals surface area contributed by atoms with E-state index in [0.29, 0.717) is 26.2 Å². The second-order valence-corrected chi connectivity index (χ2v) is 14.1. The normalized spacial score (nSPS) is 11.9. The summed E-state index contributed by atoms with van der Waals surface area (Å²) < 4.78 is 17.9. The van der Waals surface area contributed by atoms with Gasteiger partial charge in [0.15, 0.2) is 0 Å². The van der Waals surface area contributed by atoms with Crippen molar-refractivity contribution in [2.24, 2.45) is 0 Å². The van der Waals surface area contributed by atoms with Crippen LogP contribution in [0.2, 0.25) is 6.04 Å². The van der Waals surface area contributed by atoms with Gasteiger partial charge in [0.05, 0.1) is 0 Å². The number of hydrogen-bond acceptors (Lipinski definition) is 4. The highest BCUT2D eigenvalue weighted by Gasteiger charge is 2.39. The zero-order chi connectivity index (χ0) is 28.7. The minimum Gasteiger partial charge on any atom is -0.481 e. The first kappa shape index (κ1) is 38.6. The molecule has 39 heavy (non-hydrogen) atoms. The second kappa shape index (κ2) is 30.5. The molecule has 0 saturated heterocycles. The smallest absolute Gasteiger partial charge is 0.481 e. The first-order valence-corrected chi connectivity index (χ1v) is 19.2. The first-order valence-electron chi connectivity index (χ1n) is 17.2. The Morgan fingerprint density at radius 1 is 0.436 bits per heavy atom. The van der Waals surface area contributed by atoms with Crippen LogP contribution >= 0.6 is 0 Å². The number of rotatable bonds is 33. The van der Waals surface area contributed by atoms with Gasteiger partial charge in [0.2, 0.25) is 0 Å². The van der Waals surface area contributed by atoms with Crippen LogP contribution in [0.25, 0.3) is 0 Å². The molecule has 0 fully saturated rings. The van der Waals surface area contributed by atoms with Crippen molar-refractivity contribution in [2.45, 2.75) is 187 Å². The number of aliphatic carboxylic acids is 1. The monoisotopic (exact) mass is 572 g/mol. The summed E-state index contributed by atoms with van der Waals surface area (Å²) in [5.41, 5.74) is 0. The zero-order valence-electron chi connectivity index (χ0n) is 26.6. The highest BCUT2D eigenvalue weighted by Crippen LogP contribution is 2.21. The maximum atomic E-state index is 10.5. The van der Waals surface area contributed by atoms with Gasteiger partial charge in [0.25, 0.3) is 0 Å². The Bertz CT molecular complexity index is 485. The third kappa shape index (κ3) is 27.5. The van der Waals surface area contributed by atoms with Crippen molar-refractivity contribution >= 4 is 14.8 Å². The summed E-state index contributed by atoms with van der Waals surface area (Å²) in [6.45, 7) is 8.13. The van der Waals surface area contributed by atoms with Crippen LogP contribution in [-0.4, -0.2) is 39.7 Å². The van der Waals surface area contributed by atoms with Crippen LogP contribution < -0.4 is 0 Å². The van der Waals surface area contributed by atoms with Gasteiger partial charge >= 0.3 is 14.8 Å². The van der Waals surface area contributed by atoms with Crippen LogP contribution in [-0.2, 0) is 18.1 Å². The Balaban J connectivity index is 3.28. The molecule has 0 bridgehead atoms. The fraction of sp³-hybridized carbons (Fsp3) is 0.970. The standard InChI is InChI=1S/C33H68O5Si/c1-4-36-39(37-5-2,38-6-3)32-30-28-26-24-22-20-18-16-14-12-10-8-7-9-11-13-15-17-19-21-23-25-27-29-31-33(34)35/h4-32H2,1-3H3,(H,34,35). The molecule has 1 N–H and O–H groups in total. The van der Waals surface area contributed by atoms with Crippen LogP contribution in [0.5, 0.6) is 0 Å². The topological polar surface area (TPSA) is 65.0 Å². The second-order valence-electron chi connectivity index (χ2n) is 11.4. The van der Waals surface area contributed by atoms with E-state index in [9.17, 15) is 4.79 Å². The Labute approximate surface area is 244 Å². The quantitative estimate of drug-likeness (QED) is 0.0626. The van der Waals surface area contributed by atoms with E-state index >= 15 is 0 Å². The molecule has 0 unspecified atom stereocenters. The SMILES string of the molecule is CCO[Si](CCCCCCCCCCCCCCCCCCCCCCCCCCC(=O)O)(OCC)OCC. The molecule has 0 amide bonds. The van der Waals surface area contributed by atoms with Crippen molar-refractivity contribution in [3.63, 3.8) is 0 Å². The molecule has 0 aromatic heterocycles. The summed E-state index contributed by atoms with van der Waals surface area (Å²) in [5.74, 6) is -0.654. The van der Waals surface area contributed by atoms with Gasteiger partial charge in [-0.1, -0.05) is 141 Å². The van der Waals surface area contributed by atoms with Crippen LogP contribution in [0.3, 0.4) is 0 Å². The lowest BCUT2D eigenvalue weighted by Gasteiger charge is -2.28. The summed E-state index contributed by atoms with van der Waals surface area (Å²) in [6.07, 6.45) is 32.4. The Hall–Kier alpha value is -0.433. The fourth-order valence-corrected chi connectivity index (χ4v) is 8.19. The molecule has 0 radical (unpaired) electrons. The molecule has 0 heterocycles. The molecule has 0 spiro atoms. The van der Waals surface area contributed by atoms with E-state index in [1.54, 1.807) is 0 Å². The number of unbranched alkanes of at least 4 members (excludes halogenated alkanes) is 23. The van der Waals surface area contributed by atoms with Gasteiger partial charge in [-0.05, 0) is 33.6 Å². The van der Waals surface area contributed by atoms with Gasteiger partial charge in [-0.15, -0.1) is 0 Å². The molecule has 0 saturated carbocycles. The third-order valence-corrected chi connectivity index (χ3v) is 10.9. The highest BCUT2D eigenvalue weighted by molar-refractivity contribution is 6.60. The largest absolute Gasteiger partial charge is 0.500 e. The van der Waals surface area contributed by atoms with Crippen molar-refractivity contribution in [2.75, 3.05) is 19.8 Å². The average Bonchev–Trinajstić information content (AvgIpc) is 2.91. The number of hydrogen-bond donors (Lipinski definition) is 1. The number of carbonyl (C=O) groups is 1. The van der Waals surface area contributed by atoms with E-state index in [1.165, 1.54) is 135 Å². The Kier molecular flexibility index (Phi) is 30.2. The predicted molar refractivity (Wildman–Crippen MR) is 168 cm³/mol. The third-order valence-electron chi connectivity index (χ3n) is 7.72. The first-order chi connectivity index (χ1) is 19.1. The molecule has 234 valence electrons. The van der Waals surface area contributed by atoms with E-state index < -0.39 is 14.8 Å². The fourth-order valence-electron chi connectivity index (χ4n) is 5.51. The lowest BCUT2D eigenvalue weighted by Crippen LogP contribution is -2.45. The summed E-state index contributed by atoms with van der Waals surface area (Å²) in [5, 5.41) is 8.63. The highest BCUT2D eigenvalue weighted by atomic mass is 28.4. The van der Waals surface area contributed by atoms with Crippen LogP contribution in [0, 0.1) is 0 Å². The van der Waals surface area contributed by atoms with Crippen molar-refractivity contribution in [3.8, 4) is 0 Å². The van der Waals surface area contributed by atoms with Gasteiger partial charge in [-0.25, -0.2) is 0 Å². The minimum atomic E-state index is -2.43. The van der Waals surface area contributed by atoms with Gasteiger partial charge in [0, 0.05) is 32.3 Å². The van der Waals surface area contributed by atoms with Crippen molar-refractivity contribution in [1.29, 1.82) is 0 Å². The minimum absolute atomic E-state index is 0.339. The molecule has 0 aromatic rings. The van der Waals surface area contributed by atoms with Gasteiger partial charge in [-0.2, -0.15) is 0 Å². The predicted octanol–water partition coefficient (Wildman–Crippen LogP) is 10.9. The van der Waals surface area contributed by atoms with E-state index in [2.05, 4.69) is 0 Å². The molecule has 0 aliphatic heterocycles. The van der Waals surface area contributed by atoms with Crippen molar-refractivity contribution in [1.82, 2.24) is 0 Å². The molecule has 0 atom stereocenters. The molecule has 5 nitrogen and oxygen atoms in total. The van der Waals surface area contributed by atoms with Crippen molar-refractivity contribution in [3.05, 3.63) is 0 Å². The van der Waals surface area contributed by atoms with E-state index in [4.69, 9.17) is 18.4 Å². The van der Waals surface area contributed by atoms with E-state index in [0.717, 1.165) is 25.3 Å². The molecule has 0 aliphatic rings. The van der Waals surface area contributed by atoms with Gasteiger partial charge < -0.3 is 18.4 Å². The van der Waals surface area contributed by atoms with Crippen molar-refractivity contribution < 1.29 is 23.2 Å². The van der Waals surface area contributed by atoms with Crippen LogP contribution in [0.1, 0.15) is 181 Å². The summed E-state index contributed by atoms with van der Waals surface area (Å²) in [4.78, 5) is 10.5. The van der Waals surface area contributed by atoms with E-state index in [1.807, 2.05) is 20.8 Å². The molecular weight excluding hydrogens is 504 g/mol. The summed E-state index contributed by atoms with van der Waals surface area (Å²) in [7, 11) is -2.43. The Morgan fingerprint density at radius 2 is 0.667 bits per heavy atom. The maximum Gasteiger partial charge on any atom is 0.500 e. The average molecular weight is 573 g/mol. The lowest BCUT2D eigenvalue weighted by atomic mass is 10.0. The maximum absolute atomic E-state index is 10.5. The molecule has 6 heteroatoms. The van der Waals surface area contributed by atoms with Crippen LogP contribution in [0.4, 0.5) is 0 Å². The lowest BCUT2D eigenvalue weighted by molar-refractivity contribution is -0.137. The van der Waals surface area contributed by atoms with Crippen LogP contribution in [0.15, 0.2) is 0 Å². The molecular formula is C33H68O5Si.